The summed E-state index contributed by atoms with van der Waals surface area (Å²) in [4.78, 5) is 12.2. The zero-order chi connectivity index (χ0) is 20.9. The molecule has 0 unspecified atom stereocenters. The Kier molecular flexibility index (Phi) is 6.56. The van der Waals surface area contributed by atoms with E-state index in [2.05, 4.69) is 10.0 Å². The number of anilines is 1. The standard InChI is InChI=1S/C21H24N2O5S/c1-15(2)12-22-29(25,26)13-17-4-3-5-18(10-17)23-21(24)9-7-16-6-8-19-20(11-16)28-14-27-19/h3-11,15,22H,12-14H2,1-2H3,(H,23,24)/b9-7+. The lowest BCUT2D eigenvalue weighted by molar-refractivity contribution is -0.111. The molecule has 0 saturated heterocycles. The first-order valence-corrected chi connectivity index (χ1v) is 10.9. The van der Waals surface area contributed by atoms with Gasteiger partial charge in [-0.1, -0.05) is 32.0 Å². The van der Waals surface area contributed by atoms with E-state index in [-0.39, 0.29) is 24.4 Å². The van der Waals surface area contributed by atoms with Crippen molar-refractivity contribution in [2.45, 2.75) is 19.6 Å². The Morgan fingerprint density at radius 1 is 1.14 bits per heavy atom. The molecule has 2 aromatic carbocycles. The van der Waals surface area contributed by atoms with Crippen LogP contribution in [0.25, 0.3) is 6.08 Å². The monoisotopic (exact) mass is 416 g/mol. The minimum absolute atomic E-state index is 0.142. The third-order valence-electron chi connectivity index (χ3n) is 4.09. The van der Waals surface area contributed by atoms with Crippen molar-refractivity contribution in [1.82, 2.24) is 4.72 Å². The van der Waals surface area contributed by atoms with Crippen molar-refractivity contribution < 1.29 is 22.7 Å². The van der Waals surface area contributed by atoms with Crippen LogP contribution >= 0.6 is 0 Å². The van der Waals surface area contributed by atoms with Gasteiger partial charge in [-0.25, -0.2) is 13.1 Å². The summed E-state index contributed by atoms with van der Waals surface area (Å²) in [6, 6.07) is 12.2. The van der Waals surface area contributed by atoms with Crippen molar-refractivity contribution in [1.29, 1.82) is 0 Å². The summed E-state index contributed by atoms with van der Waals surface area (Å²) in [5, 5.41) is 2.74. The van der Waals surface area contributed by atoms with Crippen LogP contribution in [-0.4, -0.2) is 27.7 Å². The minimum atomic E-state index is -3.43. The molecule has 29 heavy (non-hydrogen) atoms. The van der Waals surface area contributed by atoms with Crippen LogP contribution in [0.15, 0.2) is 48.5 Å². The highest BCUT2D eigenvalue weighted by Crippen LogP contribution is 2.32. The molecule has 3 rings (SSSR count). The fourth-order valence-electron chi connectivity index (χ4n) is 2.68. The van der Waals surface area contributed by atoms with Gasteiger partial charge >= 0.3 is 0 Å². The largest absolute Gasteiger partial charge is 0.454 e. The lowest BCUT2D eigenvalue weighted by Gasteiger charge is -2.10. The number of carbonyl (C=O) groups is 1. The van der Waals surface area contributed by atoms with Crippen LogP contribution in [0, 0.1) is 5.92 Å². The molecule has 2 aromatic rings. The molecule has 0 aromatic heterocycles. The second-order valence-corrected chi connectivity index (χ2v) is 8.94. The number of hydrogen-bond donors (Lipinski definition) is 2. The van der Waals surface area contributed by atoms with E-state index in [1.54, 1.807) is 42.5 Å². The van der Waals surface area contributed by atoms with Crippen molar-refractivity contribution in [2.24, 2.45) is 5.92 Å². The third-order valence-corrected chi connectivity index (χ3v) is 5.41. The van der Waals surface area contributed by atoms with Gasteiger partial charge in [0.15, 0.2) is 11.5 Å². The molecule has 1 amide bonds. The molecule has 1 heterocycles. The second-order valence-electron chi connectivity index (χ2n) is 7.14. The van der Waals surface area contributed by atoms with Crippen LogP contribution in [-0.2, 0) is 20.6 Å². The summed E-state index contributed by atoms with van der Waals surface area (Å²) >= 11 is 0. The van der Waals surface area contributed by atoms with Gasteiger partial charge in [0.05, 0.1) is 5.75 Å². The molecule has 8 heteroatoms. The van der Waals surface area contributed by atoms with Gasteiger partial charge in [-0.3, -0.25) is 4.79 Å². The van der Waals surface area contributed by atoms with E-state index < -0.39 is 10.0 Å². The maximum absolute atomic E-state index is 12.2. The van der Waals surface area contributed by atoms with Gasteiger partial charge in [0.2, 0.25) is 22.7 Å². The molecular weight excluding hydrogens is 392 g/mol. The molecule has 2 N–H and O–H groups in total. The number of carbonyl (C=O) groups excluding carboxylic acids is 1. The highest BCUT2D eigenvalue weighted by molar-refractivity contribution is 7.88. The Hall–Kier alpha value is -2.84. The van der Waals surface area contributed by atoms with Crippen molar-refractivity contribution in [2.75, 3.05) is 18.7 Å². The summed E-state index contributed by atoms with van der Waals surface area (Å²) in [5.41, 5.74) is 1.93. The number of amides is 1. The fraction of sp³-hybridized carbons (Fsp3) is 0.286. The molecule has 0 fully saturated rings. The summed E-state index contributed by atoms with van der Waals surface area (Å²) in [6.45, 7) is 4.47. The maximum atomic E-state index is 12.2. The number of nitrogens with one attached hydrogen (secondary N) is 2. The summed E-state index contributed by atoms with van der Waals surface area (Å²) in [6.07, 6.45) is 3.08. The smallest absolute Gasteiger partial charge is 0.248 e. The molecule has 0 radical (unpaired) electrons. The van der Waals surface area contributed by atoms with E-state index in [0.717, 1.165) is 5.56 Å². The van der Waals surface area contributed by atoms with Crippen LogP contribution in [0.3, 0.4) is 0 Å². The number of fused-ring (bicyclic) bond motifs is 1. The van der Waals surface area contributed by atoms with E-state index in [0.29, 0.717) is 29.3 Å². The molecule has 7 nitrogen and oxygen atoms in total. The van der Waals surface area contributed by atoms with E-state index >= 15 is 0 Å². The SMILES string of the molecule is CC(C)CNS(=O)(=O)Cc1cccc(NC(=O)/C=C/c2ccc3c(c2)OCO3)c1. The molecule has 1 aliphatic heterocycles. The third kappa shape index (κ3) is 6.33. The first-order valence-electron chi connectivity index (χ1n) is 9.26. The summed E-state index contributed by atoms with van der Waals surface area (Å²) in [5.74, 6) is 1.09. The number of hydrogen-bond acceptors (Lipinski definition) is 5. The van der Waals surface area contributed by atoms with Gasteiger partial charge in [0.25, 0.3) is 0 Å². The van der Waals surface area contributed by atoms with E-state index in [9.17, 15) is 13.2 Å². The predicted molar refractivity (Wildman–Crippen MR) is 112 cm³/mol. The van der Waals surface area contributed by atoms with Gasteiger partial charge in [-0.15, -0.1) is 0 Å². The maximum Gasteiger partial charge on any atom is 0.248 e. The summed E-state index contributed by atoms with van der Waals surface area (Å²) < 4.78 is 37.4. The van der Waals surface area contributed by atoms with E-state index in [1.165, 1.54) is 6.08 Å². The Morgan fingerprint density at radius 2 is 1.93 bits per heavy atom. The van der Waals surface area contributed by atoms with E-state index in [1.807, 2.05) is 19.9 Å². The Bertz CT molecular complexity index is 1020. The number of sulfonamides is 1. The molecule has 0 atom stereocenters. The number of rotatable bonds is 8. The average molecular weight is 416 g/mol. The average Bonchev–Trinajstić information content (AvgIpc) is 3.12. The Balaban J connectivity index is 1.60. The number of benzene rings is 2. The first kappa shape index (κ1) is 20.9. The van der Waals surface area contributed by atoms with Crippen molar-refractivity contribution in [3.8, 4) is 11.5 Å². The van der Waals surface area contributed by atoms with Crippen LogP contribution in [0.2, 0.25) is 0 Å². The first-order chi connectivity index (χ1) is 13.8. The van der Waals surface area contributed by atoms with Gasteiger partial charge in [0, 0.05) is 18.3 Å². The molecule has 0 spiro atoms. The topological polar surface area (TPSA) is 93.7 Å². The Morgan fingerprint density at radius 3 is 2.72 bits per heavy atom. The fourth-order valence-corrected chi connectivity index (χ4v) is 3.98. The zero-order valence-corrected chi connectivity index (χ0v) is 17.2. The van der Waals surface area contributed by atoms with Gasteiger partial charge in [-0.05, 0) is 47.4 Å². The second kappa shape index (κ2) is 9.11. The molecule has 0 aliphatic carbocycles. The highest BCUT2D eigenvalue weighted by atomic mass is 32.2. The van der Waals surface area contributed by atoms with Crippen LogP contribution < -0.4 is 19.5 Å². The summed E-state index contributed by atoms with van der Waals surface area (Å²) in [7, 11) is -3.43. The van der Waals surface area contributed by atoms with E-state index in [4.69, 9.17) is 9.47 Å². The molecule has 1 aliphatic rings. The molecule has 0 saturated carbocycles. The molecular formula is C21H24N2O5S. The van der Waals surface area contributed by atoms with Gasteiger partial charge in [0.1, 0.15) is 0 Å². The Labute approximate surface area is 170 Å². The van der Waals surface area contributed by atoms with Crippen molar-refractivity contribution in [3.05, 3.63) is 59.7 Å². The number of ether oxygens (including phenoxy) is 2. The van der Waals surface area contributed by atoms with Crippen LogP contribution in [0.4, 0.5) is 5.69 Å². The lowest BCUT2D eigenvalue weighted by atomic mass is 10.2. The van der Waals surface area contributed by atoms with Crippen molar-refractivity contribution in [3.63, 3.8) is 0 Å². The van der Waals surface area contributed by atoms with Gasteiger partial charge < -0.3 is 14.8 Å². The zero-order valence-electron chi connectivity index (χ0n) is 16.3. The normalized spacial score (nSPS) is 13.2. The van der Waals surface area contributed by atoms with Crippen molar-refractivity contribution >= 4 is 27.7 Å². The quantitative estimate of drug-likeness (QED) is 0.645. The van der Waals surface area contributed by atoms with Crippen LogP contribution in [0.1, 0.15) is 25.0 Å². The highest BCUT2D eigenvalue weighted by Gasteiger charge is 2.13. The minimum Gasteiger partial charge on any atom is -0.454 e. The predicted octanol–water partition coefficient (Wildman–Crippen LogP) is 3.14. The van der Waals surface area contributed by atoms with Gasteiger partial charge in [-0.2, -0.15) is 0 Å². The molecule has 0 bridgehead atoms. The van der Waals surface area contributed by atoms with Crippen LogP contribution in [0.5, 0.6) is 11.5 Å². The molecule has 154 valence electrons. The lowest BCUT2D eigenvalue weighted by Crippen LogP contribution is -2.28.